The maximum Gasteiger partial charge on any atom is 0.306 e. The third-order valence-electron chi connectivity index (χ3n) is 18.3. The van der Waals surface area contributed by atoms with Crippen molar-refractivity contribution in [3.05, 3.63) is 109 Å². The molecule has 0 saturated carbocycles. The maximum absolute atomic E-state index is 12.9. The zero-order chi connectivity index (χ0) is 71.1. The second-order valence-electron chi connectivity index (χ2n) is 29.1. The summed E-state index contributed by atoms with van der Waals surface area (Å²) in [5.41, 5.74) is 0. The molecule has 0 amide bonds. The number of rotatable bonds is 77. The molecule has 10 heteroatoms. The lowest BCUT2D eigenvalue weighted by atomic mass is 10.0. The number of ether oxygens (including phenoxy) is 2. The van der Waals surface area contributed by atoms with Gasteiger partial charge in [-0.05, 0) is 103 Å². The van der Waals surface area contributed by atoms with Crippen LogP contribution in [0.25, 0.3) is 0 Å². The fourth-order valence-corrected chi connectivity index (χ4v) is 12.7. The normalized spacial score (nSPS) is 13.6. The van der Waals surface area contributed by atoms with E-state index in [1.807, 2.05) is 21.1 Å². The highest BCUT2D eigenvalue weighted by molar-refractivity contribution is 7.45. The predicted octanol–water partition coefficient (Wildman–Crippen LogP) is 27.3. The highest BCUT2D eigenvalue weighted by Crippen LogP contribution is 2.38. The van der Waals surface area contributed by atoms with E-state index in [9.17, 15) is 19.0 Å². The van der Waals surface area contributed by atoms with E-state index in [2.05, 4.69) is 123 Å². The molecule has 0 saturated heterocycles. The fraction of sp³-hybridized carbons (Fsp3) is 0.773. The Morgan fingerprint density at radius 3 is 0.867 bits per heavy atom. The second kappa shape index (κ2) is 77.8. The Morgan fingerprint density at radius 1 is 0.327 bits per heavy atom. The third kappa shape index (κ3) is 81.6. The largest absolute Gasteiger partial charge is 0.756 e. The van der Waals surface area contributed by atoms with Crippen molar-refractivity contribution in [2.45, 2.75) is 392 Å². The van der Waals surface area contributed by atoms with Crippen molar-refractivity contribution in [1.82, 2.24) is 0 Å². The minimum atomic E-state index is -4.65. The Morgan fingerprint density at radius 2 is 0.582 bits per heavy atom. The van der Waals surface area contributed by atoms with E-state index in [0.717, 1.165) is 96.3 Å². The number of unbranched alkanes of at least 4 members (excludes halogenated alkanes) is 45. The van der Waals surface area contributed by atoms with Gasteiger partial charge < -0.3 is 27.9 Å². The summed E-state index contributed by atoms with van der Waals surface area (Å²) in [6, 6.07) is 0. The number of likely N-dealkylation sites (N-methyl/N-ethyl adjacent to an activating group) is 1. The van der Waals surface area contributed by atoms with E-state index in [1.54, 1.807) is 0 Å². The number of esters is 2. The number of quaternary nitrogens is 1. The van der Waals surface area contributed by atoms with Crippen LogP contribution in [-0.2, 0) is 32.7 Å². The standard InChI is InChI=1S/C88H158NO8P/c1-6-8-10-12-14-16-18-20-22-24-26-28-30-32-34-36-38-40-41-42-43-44-45-46-47-49-50-52-54-56-58-60-62-64-66-68-70-72-74-76-78-80-87(90)94-84-86(85-96-98(92,93)95-83-82-89(3,4)5)97-88(91)81-79-77-75-73-71-69-67-65-63-61-59-57-55-53-51-48-39-37-35-33-31-29-27-25-23-21-19-17-15-13-11-9-7-2/h9,11,15,17-18,20-21,23-24,26-27,29,33,35,39,48,53,55,86H,6-8,10,12-14,16,19,22,25,28,30-32,34,36-38,40-47,49-52,54,56-85H2,1-5H3/b11-9-,17-15-,20-18-,23-21-,26-24-,29-27-,35-33-,48-39-,55-53-. The SMILES string of the molecule is CC/C=C\C/C=C\C/C=C\C/C=C\C/C=C\C/C=C\C/C=C\CCCCCCCCCCCCCC(=O)OC(COC(=O)CCCCCCCCCCCCCCCCCCCCCCCCCCCCCCC/C=C\C/C=C\CCCCCCC)COP(=O)([O-])OCC[N+](C)(C)C. The van der Waals surface area contributed by atoms with Gasteiger partial charge in [-0.25, -0.2) is 0 Å². The molecular weight excluding hydrogens is 1230 g/mol. The Hall–Kier alpha value is -3.33. The van der Waals surface area contributed by atoms with Gasteiger partial charge >= 0.3 is 11.9 Å². The number of hydrogen-bond donors (Lipinski definition) is 0. The number of allylic oxidation sites excluding steroid dienone is 18. The van der Waals surface area contributed by atoms with Crippen LogP contribution in [0.15, 0.2) is 109 Å². The summed E-state index contributed by atoms with van der Waals surface area (Å²) >= 11 is 0. The first-order valence-electron chi connectivity index (χ1n) is 41.6. The first-order valence-corrected chi connectivity index (χ1v) is 43.1. The minimum absolute atomic E-state index is 0.0336. The van der Waals surface area contributed by atoms with E-state index in [4.69, 9.17) is 18.5 Å². The van der Waals surface area contributed by atoms with Crippen LogP contribution in [0.5, 0.6) is 0 Å². The van der Waals surface area contributed by atoms with E-state index in [1.165, 1.54) is 257 Å². The van der Waals surface area contributed by atoms with Gasteiger partial charge in [0.2, 0.25) is 0 Å². The fourth-order valence-electron chi connectivity index (χ4n) is 12.0. The van der Waals surface area contributed by atoms with Crippen molar-refractivity contribution in [2.75, 3.05) is 47.5 Å². The Labute approximate surface area is 607 Å². The Bertz CT molecular complexity index is 2030. The molecule has 0 aliphatic carbocycles. The average molecular weight is 1390 g/mol. The number of phosphoric ester groups is 1. The van der Waals surface area contributed by atoms with Gasteiger partial charge in [-0.15, -0.1) is 0 Å². The molecule has 0 aromatic rings. The van der Waals surface area contributed by atoms with Crippen LogP contribution in [-0.4, -0.2) is 70.0 Å². The quantitative estimate of drug-likeness (QED) is 0.0195. The van der Waals surface area contributed by atoms with Crippen molar-refractivity contribution in [3.8, 4) is 0 Å². The van der Waals surface area contributed by atoms with E-state index in [-0.39, 0.29) is 32.0 Å². The molecule has 0 aromatic carbocycles. The molecule has 0 fully saturated rings. The van der Waals surface area contributed by atoms with Crippen LogP contribution < -0.4 is 4.89 Å². The number of carbonyl (C=O) groups is 2. The molecule has 9 nitrogen and oxygen atoms in total. The topological polar surface area (TPSA) is 111 Å². The molecule has 0 spiro atoms. The molecule has 0 bridgehead atoms. The molecular formula is C88H158NO8P. The number of hydrogen-bond acceptors (Lipinski definition) is 8. The van der Waals surface area contributed by atoms with Crippen molar-refractivity contribution in [3.63, 3.8) is 0 Å². The first kappa shape index (κ1) is 94.7. The van der Waals surface area contributed by atoms with Crippen LogP contribution in [0.3, 0.4) is 0 Å². The van der Waals surface area contributed by atoms with Gasteiger partial charge in [-0.3, -0.25) is 14.2 Å². The molecule has 0 heterocycles. The van der Waals surface area contributed by atoms with Gasteiger partial charge in [0.25, 0.3) is 7.82 Å². The lowest BCUT2D eigenvalue weighted by Crippen LogP contribution is -2.37. The van der Waals surface area contributed by atoms with Crippen LogP contribution >= 0.6 is 7.82 Å². The van der Waals surface area contributed by atoms with Crippen molar-refractivity contribution in [1.29, 1.82) is 0 Å². The third-order valence-corrected chi connectivity index (χ3v) is 19.2. The molecule has 568 valence electrons. The number of carbonyl (C=O) groups excluding carboxylic acids is 2. The lowest BCUT2D eigenvalue weighted by molar-refractivity contribution is -0.870. The second-order valence-corrected chi connectivity index (χ2v) is 30.5. The minimum Gasteiger partial charge on any atom is -0.756 e. The van der Waals surface area contributed by atoms with Crippen molar-refractivity contribution < 1.29 is 42.1 Å². The maximum atomic E-state index is 12.9. The monoisotopic (exact) mass is 1390 g/mol. The van der Waals surface area contributed by atoms with E-state index >= 15 is 0 Å². The van der Waals surface area contributed by atoms with Gasteiger partial charge in [0.1, 0.15) is 19.8 Å². The van der Waals surface area contributed by atoms with Gasteiger partial charge in [0, 0.05) is 12.8 Å². The van der Waals surface area contributed by atoms with Crippen LogP contribution in [0.4, 0.5) is 0 Å². The van der Waals surface area contributed by atoms with E-state index in [0.29, 0.717) is 17.4 Å². The molecule has 98 heavy (non-hydrogen) atoms. The van der Waals surface area contributed by atoms with Gasteiger partial charge in [0.15, 0.2) is 6.10 Å². The highest BCUT2D eigenvalue weighted by atomic mass is 31.2. The zero-order valence-corrected chi connectivity index (χ0v) is 65.9. The first-order chi connectivity index (χ1) is 48.0. The number of phosphoric acid groups is 1. The molecule has 0 aromatic heterocycles. The summed E-state index contributed by atoms with van der Waals surface area (Å²) in [5, 5.41) is 0. The Kier molecular flexibility index (Phi) is 75.2. The highest BCUT2D eigenvalue weighted by Gasteiger charge is 2.22. The van der Waals surface area contributed by atoms with Crippen LogP contribution in [0.1, 0.15) is 386 Å². The summed E-state index contributed by atoms with van der Waals surface area (Å²) in [6.07, 6.45) is 111. The zero-order valence-electron chi connectivity index (χ0n) is 65.0. The predicted molar refractivity (Wildman–Crippen MR) is 425 cm³/mol. The van der Waals surface area contributed by atoms with Crippen LogP contribution in [0.2, 0.25) is 0 Å². The number of nitrogens with zero attached hydrogens (tertiary/aromatic N) is 1. The molecule has 0 rings (SSSR count). The van der Waals surface area contributed by atoms with Gasteiger partial charge in [-0.2, -0.15) is 0 Å². The van der Waals surface area contributed by atoms with Crippen molar-refractivity contribution in [2.24, 2.45) is 0 Å². The molecule has 0 aliphatic rings. The lowest BCUT2D eigenvalue weighted by Gasteiger charge is -2.28. The van der Waals surface area contributed by atoms with Gasteiger partial charge in [0.05, 0.1) is 27.7 Å². The molecule has 2 atom stereocenters. The van der Waals surface area contributed by atoms with Crippen LogP contribution in [0, 0.1) is 0 Å². The summed E-state index contributed by atoms with van der Waals surface area (Å²) in [4.78, 5) is 38.2. The van der Waals surface area contributed by atoms with Gasteiger partial charge in [-0.1, -0.05) is 380 Å². The molecule has 0 aliphatic heterocycles. The summed E-state index contributed by atoms with van der Waals surface area (Å²) in [7, 11) is 1.17. The van der Waals surface area contributed by atoms with E-state index < -0.39 is 26.5 Å². The smallest absolute Gasteiger partial charge is 0.306 e. The Balaban J connectivity index is 3.92. The van der Waals surface area contributed by atoms with Crippen molar-refractivity contribution >= 4 is 19.8 Å². The molecule has 2 unspecified atom stereocenters. The molecule has 0 radical (unpaired) electrons. The molecule has 0 N–H and O–H groups in total. The summed E-state index contributed by atoms with van der Waals surface area (Å²) in [5.74, 6) is -0.824. The summed E-state index contributed by atoms with van der Waals surface area (Å²) < 4.78 is 34.4. The average Bonchev–Trinajstić information content (AvgIpc) is 1.08. The summed E-state index contributed by atoms with van der Waals surface area (Å²) in [6.45, 7) is 4.16.